The Morgan fingerprint density at radius 1 is 1.37 bits per heavy atom. The third-order valence-electron chi connectivity index (χ3n) is 3.43. The summed E-state index contributed by atoms with van der Waals surface area (Å²) in [6, 6.07) is 9.60. The van der Waals surface area contributed by atoms with Crippen molar-refractivity contribution in [3.63, 3.8) is 0 Å². The smallest absolute Gasteiger partial charge is 0.119 e. The number of likely N-dealkylation sites (tertiary alicyclic amines) is 1. The second kappa shape index (κ2) is 6.55. The van der Waals surface area contributed by atoms with Crippen molar-refractivity contribution >= 4 is 0 Å². The van der Waals surface area contributed by atoms with Gasteiger partial charge in [0, 0.05) is 25.7 Å². The zero-order valence-electron chi connectivity index (χ0n) is 11.4. The Morgan fingerprint density at radius 2 is 2.11 bits per heavy atom. The van der Waals surface area contributed by atoms with Gasteiger partial charge in [-0.15, -0.1) is 0 Å². The molecule has 1 aromatic rings. The van der Waals surface area contributed by atoms with Gasteiger partial charge in [-0.2, -0.15) is 5.26 Å². The number of piperidine rings is 1. The molecule has 2 N–H and O–H groups in total. The van der Waals surface area contributed by atoms with E-state index < -0.39 is 0 Å². The summed E-state index contributed by atoms with van der Waals surface area (Å²) in [5.74, 6) is 1.48. The summed E-state index contributed by atoms with van der Waals surface area (Å²) in [5, 5.41) is 8.72. The topological polar surface area (TPSA) is 62.3 Å². The van der Waals surface area contributed by atoms with Crippen LogP contribution in [0.2, 0.25) is 0 Å². The van der Waals surface area contributed by atoms with Gasteiger partial charge in [-0.25, -0.2) is 0 Å². The molecule has 2 rings (SSSR count). The van der Waals surface area contributed by atoms with Crippen LogP contribution in [0.15, 0.2) is 24.3 Å². The molecule has 2 atom stereocenters. The minimum absolute atomic E-state index is 0.290. The zero-order chi connectivity index (χ0) is 13.7. The Balaban J connectivity index is 1.75. The van der Waals surface area contributed by atoms with Crippen molar-refractivity contribution < 1.29 is 4.74 Å². The molecule has 0 saturated carbocycles. The number of nitriles is 1. The van der Waals surface area contributed by atoms with Gasteiger partial charge in [0.05, 0.1) is 11.6 Å². The lowest BCUT2D eigenvalue weighted by Crippen LogP contribution is -2.47. The summed E-state index contributed by atoms with van der Waals surface area (Å²) in [6.07, 6.45) is 1.12. The second-order valence-corrected chi connectivity index (χ2v) is 5.35. The standard InChI is InChI=1S/C15H21N3O/c1-12-8-14(17)11-18(10-12)6-7-19-15-4-2-13(9-16)3-5-15/h2-5,12,14H,6-8,10-11,17H2,1H3. The molecule has 1 fully saturated rings. The van der Waals surface area contributed by atoms with Gasteiger partial charge in [0.15, 0.2) is 0 Å². The molecule has 0 bridgehead atoms. The first-order chi connectivity index (χ1) is 9.17. The van der Waals surface area contributed by atoms with E-state index in [1.807, 2.05) is 12.1 Å². The molecule has 4 heteroatoms. The first-order valence-electron chi connectivity index (χ1n) is 6.78. The lowest BCUT2D eigenvalue weighted by Gasteiger charge is -2.34. The Morgan fingerprint density at radius 3 is 2.74 bits per heavy atom. The highest BCUT2D eigenvalue weighted by molar-refractivity contribution is 5.34. The van der Waals surface area contributed by atoms with Crippen molar-refractivity contribution in [3.8, 4) is 11.8 Å². The molecule has 0 amide bonds. The van der Waals surface area contributed by atoms with Crippen molar-refractivity contribution in [2.24, 2.45) is 11.7 Å². The summed E-state index contributed by atoms with van der Waals surface area (Å²) in [6.45, 7) is 5.86. The highest BCUT2D eigenvalue weighted by Crippen LogP contribution is 2.15. The summed E-state index contributed by atoms with van der Waals surface area (Å²) in [5.41, 5.74) is 6.67. The van der Waals surface area contributed by atoms with Crippen molar-refractivity contribution in [1.29, 1.82) is 5.26 Å². The second-order valence-electron chi connectivity index (χ2n) is 5.35. The number of benzene rings is 1. The number of hydrogen-bond acceptors (Lipinski definition) is 4. The molecule has 2 unspecified atom stereocenters. The lowest BCUT2D eigenvalue weighted by atomic mass is 9.97. The zero-order valence-corrected chi connectivity index (χ0v) is 11.4. The van der Waals surface area contributed by atoms with Crippen LogP contribution in [0.25, 0.3) is 0 Å². The summed E-state index contributed by atoms with van der Waals surface area (Å²) in [4.78, 5) is 2.36. The predicted octanol–water partition coefficient (Wildman–Crippen LogP) is 1.61. The molecule has 4 nitrogen and oxygen atoms in total. The molecule has 1 aliphatic rings. The van der Waals surface area contributed by atoms with Crippen molar-refractivity contribution in [2.45, 2.75) is 19.4 Å². The van der Waals surface area contributed by atoms with E-state index in [1.165, 1.54) is 0 Å². The Kier molecular flexibility index (Phi) is 4.78. The van der Waals surface area contributed by atoms with Crippen molar-refractivity contribution in [3.05, 3.63) is 29.8 Å². The molecule has 0 aromatic heterocycles. The molecular formula is C15H21N3O. The Hall–Kier alpha value is -1.57. The summed E-state index contributed by atoms with van der Waals surface area (Å²) >= 11 is 0. The van der Waals surface area contributed by atoms with Gasteiger partial charge in [-0.1, -0.05) is 6.92 Å². The van der Waals surface area contributed by atoms with Crippen LogP contribution in [0.3, 0.4) is 0 Å². The third-order valence-corrected chi connectivity index (χ3v) is 3.43. The van der Waals surface area contributed by atoms with Crippen LogP contribution >= 0.6 is 0 Å². The summed E-state index contributed by atoms with van der Waals surface area (Å²) < 4.78 is 5.69. The predicted molar refractivity (Wildman–Crippen MR) is 74.8 cm³/mol. The quantitative estimate of drug-likeness (QED) is 0.892. The molecule has 19 heavy (non-hydrogen) atoms. The van der Waals surface area contributed by atoms with E-state index in [1.54, 1.807) is 12.1 Å². The van der Waals surface area contributed by atoms with E-state index in [-0.39, 0.29) is 0 Å². The van der Waals surface area contributed by atoms with Gasteiger partial charge < -0.3 is 10.5 Å². The van der Waals surface area contributed by atoms with Crippen molar-refractivity contribution in [2.75, 3.05) is 26.2 Å². The summed E-state index contributed by atoms with van der Waals surface area (Å²) in [7, 11) is 0. The third kappa shape index (κ3) is 4.23. The van der Waals surface area contributed by atoms with E-state index in [4.69, 9.17) is 15.7 Å². The van der Waals surface area contributed by atoms with Crippen LogP contribution in [-0.2, 0) is 0 Å². The number of ether oxygens (including phenoxy) is 1. The Labute approximate surface area is 114 Å². The molecule has 1 heterocycles. The molecular weight excluding hydrogens is 238 g/mol. The highest BCUT2D eigenvalue weighted by Gasteiger charge is 2.21. The normalized spacial score (nSPS) is 23.8. The maximum absolute atomic E-state index is 8.72. The van der Waals surface area contributed by atoms with Gasteiger partial charge >= 0.3 is 0 Å². The molecule has 1 aromatic carbocycles. The largest absolute Gasteiger partial charge is 0.492 e. The van der Waals surface area contributed by atoms with E-state index in [0.717, 1.165) is 31.8 Å². The van der Waals surface area contributed by atoms with Gasteiger partial charge in [-0.3, -0.25) is 4.90 Å². The van der Waals surface area contributed by atoms with Gasteiger partial charge in [-0.05, 0) is 36.6 Å². The molecule has 0 aliphatic carbocycles. The van der Waals surface area contributed by atoms with Crippen LogP contribution in [0, 0.1) is 17.2 Å². The van der Waals surface area contributed by atoms with E-state index in [9.17, 15) is 0 Å². The number of nitrogens with zero attached hydrogens (tertiary/aromatic N) is 2. The highest BCUT2D eigenvalue weighted by atomic mass is 16.5. The van der Waals surface area contributed by atoms with Crippen LogP contribution in [-0.4, -0.2) is 37.2 Å². The molecule has 0 radical (unpaired) electrons. The molecule has 102 valence electrons. The molecule has 1 saturated heterocycles. The van der Waals surface area contributed by atoms with Gasteiger partial charge in [0.1, 0.15) is 12.4 Å². The van der Waals surface area contributed by atoms with E-state index in [0.29, 0.717) is 24.1 Å². The average molecular weight is 259 g/mol. The lowest BCUT2D eigenvalue weighted by molar-refractivity contribution is 0.140. The fraction of sp³-hybridized carbons (Fsp3) is 0.533. The number of rotatable bonds is 4. The maximum atomic E-state index is 8.72. The monoisotopic (exact) mass is 259 g/mol. The minimum Gasteiger partial charge on any atom is -0.492 e. The number of nitrogens with two attached hydrogens (primary N) is 1. The van der Waals surface area contributed by atoms with Crippen LogP contribution in [0.4, 0.5) is 0 Å². The fourth-order valence-electron chi connectivity index (χ4n) is 2.61. The molecule has 1 aliphatic heterocycles. The fourth-order valence-corrected chi connectivity index (χ4v) is 2.61. The minimum atomic E-state index is 0.290. The van der Waals surface area contributed by atoms with Gasteiger partial charge in [0.2, 0.25) is 0 Å². The SMILES string of the molecule is CC1CC(N)CN(CCOc2ccc(C#N)cc2)C1. The van der Waals surface area contributed by atoms with Crippen LogP contribution in [0.5, 0.6) is 5.75 Å². The molecule has 0 spiro atoms. The van der Waals surface area contributed by atoms with Crippen LogP contribution < -0.4 is 10.5 Å². The first kappa shape index (κ1) is 13.9. The maximum Gasteiger partial charge on any atom is 0.119 e. The Bertz CT molecular complexity index is 428. The first-order valence-corrected chi connectivity index (χ1v) is 6.78. The average Bonchev–Trinajstić information content (AvgIpc) is 2.38. The van der Waals surface area contributed by atoms with Gasteiger partial charge in [0.25, 0.3) is 0 Å². The van der Waals surface area contributed by atoms with E-state index in [2.05, 4.69) is 17.9 Å². The number of hydrogen-bond donors (Lipinski definition) is 1. The van der Waals surface area contributed by atoms with Crippen molar-refractivity contribution in [1.82, 2.24) is 4.90 Å². The van der Waals surface area contributed by atoms with Crippen LogP contribution in [0.1, 0.15) is 18.9 Å². The van der Waals surface area contributed by atoms with E-state index >= 15 is 0 Å².